The van der Waals surface area contributed by atoms with Gasteiger partial charge in [-0.3, -0.25) is 4.79 Å². The van der Waals surface area contributed by atoms with Crippen molar-refractivity contribution in [3.05, 3.63) is 12.2 Å². The highest BCUT2D eigenvalue weighted by atomic mass is 16.3. The summed E-state index contributed by atoms with van der Waals surface area (Å²) in [6.45, 7) is 7.17. The molecule has 0 aromatic rings. The summed E-state index contributed by atoms with van der Waals surface area (Å²) in [6, 6.07) is 0. The van der Waals surface area contributed by atoms with E-state index in [0.29, 0.717) is 29.5 Å². The molecule has 3 saturated carbocycles. The number of ketones is 1. The average Bonchev–Trinajstić information content (AvgIpc) is 2.77. The van der Waals surface area contributed by atoms with Crippen molar-refractivity contribution in [2.24, 2.45) is 40.4 Å². The standard InChI is InChI=1S/C20H30O2/c1-12-10-13-11-14(21)6-8-19(13,2)16-7-9-20(3)15(18(12)16)4-5-17(20)22/h6,8,12-13,15-18,22H,4-5,7,9-11H2,1-3H3/t12?,13?,15-,16+,17?,18-,19-,20-/m0/s1. The molecule has 4 rings (SSSR count). The van der Waals surface area contributed by atoms with E-state index in [-0.39, 0.29) is 16.9 Å². The minimum atomic E-state index is -0.0975. The minimum absolute atomic E-state index is 0.0975. The van der Waals surface area contributed by atoms with Crippen LogP contribution < -0.4 is 0 Å². The smallest absolute Gasteiger partial charge is 0.155 e. The van der Waals surface area contributed by atoms with Crippen LogP contribution in [0.2, 0.25) is 0 Å². The molecule has 0 aliphatic heterocycles. The van der Waals surface area contributed by atoms with Gasteiger partial charge in [0.2, 0.25) is 0 Å². The van der Waals surface area contributed by atoms with Crippen LogP contribution in [0.4, 0.5) is 0 Å². The highest BCUT2D eigenvalue weighted by Crippen LogP contribution is 2.66. The molecule has 3 unspecified atom stereocenters. The Labute approximate surface area is 134 Å². The van der Waals surface area contributed by atoms with Crippen molar-refractivity contribution in [1.29, 1.82) is 0 Å². The molecular formula is C20H30O2. The predicted molar refractivity (Wildman–Crippen MR) is 87.2 cm³/mol. The molecule has 0 aromatic heterocycles. The van der Waals surface area contributed by atoms with Crippen LogP contribution in [0, 0.1) is 40.4 Å². The Hall–Kier alpha value is -0.630. The molecule has 3 fully saturated rings. The van der Waals surface area contributed by atoms with Gasteiger partial charge in [-0.15, -0.1) is 0 Å². The second-order valence-electron chi connectivity index (χ2n) is 9.21. The third kappa shape index (κ3) is 1.79. The zero-order valence-corrected chi connectivity index (χ0v) is 14.2. The zero-order valence-electron chi connectivity index (χ0n) is 14.2. The van der Waals surface area contributed by atoms with Crippen molar-refractivity contribution in [1.82, 2.24) is 0 Å². The Morgan fingerprint density at radius 3 is 2.73 bits per heavy atom. The van der Waals surface area contributed by atoms with Gasteiger partial charge in [-0.25, -0.2) is 0 Å². The van der Waals surface area contributed by atoms with Crippen LogP contribution in [0.15, 0.2) is 12.2 Å². The average molecular weight is 302 g/mol. The lowest BCUT2D eigenvalue weighted by molar-refractivity contribution is -0.131. The molecule has 2 heteroatoms. The zero-order chi connectivity index (χ0) is 15.7. The summed E-state index contributed by atoms with van der Waals surface area (Å²) in [4.78, 5) is 11.9. The van der Waals surface area contributed by atoms with Crippen LogP contribution in [0.3, 0.4) is 0 Å². The summed E-state index contributed by atoms with van der Waals surface area (Å²) < 4.78 is 0. The van der Waals surface area contributed by atoms with E-state index in [2.05, 4.69) is 26.8 Å². The lowest BCUT2D eigenvalue weighted by atomic mass is 9.44. The Kier molecular flexibility index (Phi) is 3.18. The molecule has 4 aliphatic carbocycles. The number of carbonyl (C=O) groups excluding carboxylic acids is 1. The molecule has 0 saturated heterocycles. The molecule has 8 atom stereocenters. The Balaban J connectivity index is 1.73. The molecule has 0 aromatic carbocycles. The van der Waals surface area contributed by atoms with E-state index in [4.69, 9.17) is 0 Å². The van der Waals surface area contributed by atoms with Gasteiger partial charge < -0.3 is 5.11 Å². The second-order valence-corrected chi connectivity index (χ2v) is 9.21. The van der Waals surface area contributed by atoms with Crippen LogP contribution in [-0.4, -0.2) is 17.0 Å². The summed E-state index contributed by atoms with van der Waals surface area (Å²) in [5, 5.41) is 10.5. The lowest BCUT2D eigenvalue weighted by Gasteiger charge is -2.60. The molecule has 0 spiro atoms. The first kappa shape index (κ1) is 14.9. The maximum atomic E-state index is 11.9. The van der Waals surface area contributed by atoms with Gasteiger partial charge in [-0.2, -0.15) is 0 Å². The van der Waals surface area contributed by atoms with E-state index in [1.807, 2.05) is 6.08 Å². The summed E-state index contributed by atoms with van der Waals surface area (Å²) in [6.07, 6.45) is 10.6. The maximum absolute atomic E-state index is 11.9. The number of hydrogen-bond acceptors (Lipinski definition) is 2. The highest BCUT2D eigenvalue weighted by Gasteiger charge is 2.61. The fourth-order valence-corrected chi connectivity index (χ4v) is 7.00. The third-order valence-electron chi connectivity index (χ3n) is 8.35. The van der Waals surface area contributed by atoms with Crippen molar-refractivity contribution in [3.8, 4) is 0 Å². The summed E-state index contributed by atoms with van der Waals surface area (Å²) in [5.41, 5.74) is 0.354. The first-order valence-electron chi connectivity index (χ1n) is 9.26. The molecule has 1 N–H and O–H groups in total. The van der Waals surface area contributed by atoms with E-state index in [9.17, 15) is 9.90 Å². The molecule has 22 heavy (non-hydrogen) atoms. The topological polar surface area (TPSA) is 37.3 Å². The number of aliphatic hydroxyl groups is 1. The highest BCUT2D eigenvalue weighted by molar-refractivity contribution is 5.91. The van der Waals surface area contributed by atoms with Crippen molar-refractivity contribution >= 4 is 5.78 Å². The Morgan fingerprint density at radius 1 is 1.18 bits per heavy atom. The summed E-state index contributed by atoms with van der Waals surface area (Å²) in [5.74, 6) is 3.67. The van der Waals surface area contributed by atoms with Gasteiger partial charge in [-0.05, 0) is 78.6 Å². The van der Waals surface area contributed by atoms with Gasteiger partial charge in [0.25, 0.3) is 0 Å². The van der Waals surface area contributed by atoms with Gasteiger partial charge in [0.1, 0.15) is 0 Å². The van der Waals surface area contributed by atoms with Crippen LogP contribution in [0.25, 0.3) is 0 Å². The molecule has 4 aliphatic rings. The van der Waals surface area contributed by atoms with Crippen LogP contribution in [0.5, 0.6) is 0 Å². The third-order valence-corrected chi connectivity index (χ3v) is 8.35. The molecule has 0 radical (unpaired) electrons. The van der Waals surface area contributed by atoms with Gasteiger partial charge in [0, 0.05) is 6.42 Å². The van der Waals surface area contributed by atoms with Gasteiger partial charge in [0.15, 0.2) is 5.78 Å². The van der Waals surface area contributed by atoms with Crippen molar-refractivity contribution in [2.45, 2.75) is 65.4 Å². The molecule has 0 bridgehead atoms. The second kappa shape index (κ2) is 4.69. The van der Waals surface area contributed by atoms with Crippen LogP contribution in [0.1, 0.15) is 59.3 Å². The van der Waals surface area contributed by atoms with E-state index >= 15 is 0 Å². The van der Waals surface area contributed by atoms with Gasteiger partial charge in [-0.1, -0.05) is 26.8 Å². The number of aliphatic hydroxyl groups excluding tert-OH is 1. The van der Waals surface area contributed by atoms with Crippen molar-refractivity contribution in [2.75, 3.05) is 0 Å². The minimum Gasteiger partial charge on any atom is -0.393 e. The Morgan fingerprint density at radius 2 is 1.95 bits per heavy atom. The largest absolute Gasteiger partial charge is 0.393 e. The fraction of sp³-hybridized carbons (Fsp3) is 0.850. The molecule has 0 heterocycles. The molecular weight excluding hydrogens is 272 g/mol. The number of rotatable bonds is 0. The summed E-state index contributed by atoms with van der Waals surface area (Å²) >= 11 is 0. The van der Waals surface area contributed by atoms with E-state index in [1.165, 1.54) is 19.3 Å². The Bertz CT molecular complexity index is 524. The van der Waals surface area contributed by atoms with E-state index in [0.717, 1.165) is 25.2 Å². The predicted octanol–water partition coefficient (Wildman–Crippen LogP) is 3.98. The molecule has 0 amide bonds. The summed E-state index contributed by atoms with van der Waals surface area (Å²) in [7, 11) is 0. The monoisotopic (exact) mass is 302 g/mol. The van der Waals surface area contributed by atoms with Crippen molar-refractivity contribution < 1.29 is 9.90 Å². The quantitative estimate of drug-likeness (QED) is 0.735. The van der Waals surface area contributed by atoms with Crippen LogP contribution >= 0.6 is 0 Å². The van der Waals surface area contributed by atoms with Crippen molar-refractivity contribution in [3.63, 3.8) is 0 Å². The SMILES string of the molecule is CC1CC2CC(=O)C=C[C@]2(C)[C@@H]2CC[C@]3(C)C(O)CC[C@H]3[C@H]12. The number of allylic oxidation sites excluding steroid dienone is 2. The van der Waals surface area contributed by atoms with Crippen LogP contribution in [-0.2, 0) is 4.79 Å². The normalized spacial score (nSPS) is 57.2. The number of hydrogen-bond donors (Lipinski definition) is 1. The van der Waals surface area contributed by atoms with E-state index < -0.39 is 0 Å². The first-order valence-corrected chi connectivity index (χ1v) is 9.26. The van der Waals surface area contributed by atoms with E-state index in [1.54, 1.807) is 0 Å². The maximum Gasteiger partial charge on any atom is 0.155 e. The fourth-order valence-electron chi connectivity index (χ4n) is 7.00. The van der Waals surface area contributed by atoms with Gasteiger partial charge >= 0.3 is 0 Å². The first-order chi connectivity index (χ1) is 10.4. The number of carbonyl (C=O) groups is 1. The lowest BCUT2D eigenvalue weighted by Crippen LogP contribution is -2.55. The number of fused-ring (bicyclic) bond motifs is 5. The molecule has 2 nitrogen and oxygen atoms in total. The van der Waals surface area contributed by atoms with Gasteiger partial charge in [0.05, 0.1) is 6.10 Å². The molecule has 122 valence electrons.